The highest BCUT2D eigenvalue weighted by Crippen LogP contribution is 2.31. The van der Waals surface area contributed by atoms with Crippen LogP contribution < -0.4 is 20.1 Å². The number of thiazole rings is 1. The number of rotatable bonds is 10. The Morgan fingerprint density at radius 1 is 0.946 bits per heavy atom. The van der Waals surface area contributed by atoms with Crippen molar-refractivity contribution in [3.8, 4) is 22.8 Å². The molecule has 2 N–H and O–H groups in total. The molecule has 0 radical (unpaired) electrons. The van der Waals surface area contributed by atoms with Crippen LogP contribution in [0.4, 0.5) is 10.8 Å². The molecule has 0 fully saturated rings. The van der Waals surface area contributed by atoms with Crippen LogP contribution in [0.2, 0.25) is 0 Å². The van der Waals surface area contributed by atoms with Crippen molar-refractivity contribution in [3.63, 3.8) is 0 Å². The van der Waals surface area contributed by atoms with Gasteiger partial charge in [0, 0.05) is 27.1 Å². The Balaban J connectivity index is 1.40. The van der Waals surface area contributed by atoms with Gasteiger partial charge in [-0.2, -0.15) is 0 Å². The summed E-state index contributed by atoms with van der Waals surface area (Å²) in [6.45, 7) is 1.97. The van der Waals surface area contributed by atoms with E-state index in [1.54, 1.807) is 25.3 Å². The van der Waals surface area contributed by atoms with Crippen molar-refractivity contribution in [2.75, 3.05) is 24.9 Å². The van der Waals surface area contributed by atoms with Gasteiger partial charge in [-0.15, -0.1) is 23.1 Å². The minimum Gasteiger partial charge on any atom is -0.493 e. The molecule has 0 saturated carbocycles. The number of benzene rings is 3. The van der Waals surface area contributed by atoms with Gasteiger partial charge in [-0.1, -0.05) is 43.3 Å². The topological polar surface area (TPSA) is 89.5 Å². The Bertz CT molecular complexity index is 1370. The summed E-state index contributed by atoms with van der Waals surface area (Å²) in [7, 11) is 3.07. The molecule has 190 valence electrons. The first-order valence-electron chi connectivity index (χ1n) is 11.6. The number of methoxy groups -OCH3 is 2. The maximum Gasteiger partial charge on any atom is 0.255 e. The summed E-state index contributed by atoms with van der Waals surface area (Å²) in [5, 5.41) is 8.04. The monoisotopic (exact) mass is 533 g/mol. The van der Waals surface area contributed by atoms with E-state index in [1.165, 1.54) is 30.2 Å². The van der Waals surface area contributed by atoms with Crippen molar-refractivity contribution in [2.24, 2.45) is 0 Å². The highest BCUT2D eigenvalue weighted by molar-refractivity contribution is 8.00. The molecule has 0 saturated heterocycles. The van der Waals surface area contributed by atoms with Gasteiger partial charge in [-0.25, -0.2) is 4.98 Å². The summed E-state index contributed by atoms with van der Waals surface area (Å²) in [5.74, 6) is 0.648. The first kappa shape index (κ1) is 26.2. The number of thioether (sulfide) groups is 1. The quantitative estimate of drug-likeness (QED) is 0.224. The molecule has 3 aromatic carbocycles. The van der Waals surface area contributed by atoms with Crippen molar-refractivity contribution in [2.45, 2.75) is 23.5 Å². The summed E-state index contributed by atoms with van der Waals surface area (Å²) < 4.78 is 10.5. The van der Waals surface area contributed by atoms with E-state index in [2.05, 4.69) is 15.6 Å². The highest BCUT2D eigenvalue weighted by atomic mass is 32.2. The van der Waals surface area contributed by atoms with Crippen LogP contribution in [0.3, 0.4) is 0 Å². The lowest BCUT2D eigenvalue weighted by molar-refractivity contribution is -0.115. The molecule has 1 atom stereocenters. The summed E-state index contributed by atoms with van der Waals surface area (Å²) in [6.07, 6.45) is 0.635. The van der Waals surface area contributed by atoms with Crippen LogP contribution in [0.25, 0.3) is 11.3 Å². The van der Waals surface area contributed by atoms with Crippen LogP contribution in [-0.2, 0) is 4.79 Å². The summed E-state index contributed by atoms with van der Waals surface area (Å²) in [6, 6.07) is 22.3. The number of carbonyl (C=O) groups excluding carboxylic acids is 2. The Hall–Kier alpha value is -3.82. The minimum atomic E-state index is -0.319. The smallest absolute Gasteiger partial charge is 0.255 e. The second kappa shape index (κ2) is 12.4. The van der Waals surface area contributed by atoms with Crippen molar-refractivity contribution in [3.05, 3.63) is 83.7 Å². The molecule has 37 heavy (non-hydrogen) atoms. The zero-order valence-electron chi connectivity index (χ0n) is 20.7. The van der Waals surface area contributed by atoms with E-state index in [0.29, 0.717) is 34.3 Å². The molecule has 0 spiro atoms. The van der Waals surface area contributed by atoms with E-state index in [0.717, 1.165) is 16.2 Å². The van der Waals surface area contributed by atoms with Gasteiger partial charge in [-0.3, -0.25) is 9.59 Å². The zero-order valence-corrected chi connectivity index (χ0v) is 22.3. The number of carbonyl (C=O) groups is 2. The van der Waals surface area contributed by atoms with Crippen molar-refractivity contribution < 1.29 is 19.1 Å². The Morgan fingerprint density at radius 2 is 1.73 bits per heavy atom. The predicted octanol–water partition coefficient (Wildman–Crippen LogP) is 6.59. The van der Waals surface area contributed by atoms with Gasteiger partial charge in [-0.05, 0) is 42.8 Å². The van der Waals surface area contributed by atoms with Crippen molar-refractivity contribution in [1.82, 2.24) is 4.98 Å². The minimum absolute atomic E-state index is 0.110. The lowest BCUT2D eigenvalue weighted by atomic mass is 10.2. The molecule has 4 rings (SSSR count). The van der Waals surface area contributed by atoms with Crippen LogP contribution in [0.5, 0.6) is 11.5 Å². The van der Waals surface area contributed by atoms with Gasteiger partial charge in [0.15, 0.2) is 16.6 Å². The molecule has 0 aliphatic carbocycles. The van der Waals surface area contributed by atoms with Gasteiger partial charge in [0.1, 0.15) is 0 Å². The fourth-order valence-electron chi connectivity index (χ4n) is 3.57. The summed E-state index contributed by atoms with van der Waals surface area (Å²) in [4.78, 5) is 31.2. The van der Waals surface area contributed by atoms with Crippen LogP contribution in [-0.4, -0.2) is 36.3 Å². The standard InChI is InChI=1S/C28H27N3O4S2/c1-4-25(27(33)31-28-30-22(17-36-28)18-9-6-5-7-10-18)37-21-12-8-11-20(16-21)29-26(32)19-13-14-23(34-2)24(15-19)35-3/h5-17,25H,4H2,1-3H3,(H,29,32)(H,30,31,33). The molecule has 2 amide bonds. The molecule has 4 aromatic rings. The lowest BCUT2D eigenvalue weighted by Crippen LogP contribution is -2.24. The zero-order chi connectivity index (χ0) is 26.2. The third kappa shape index (κ3) is 6.69. The average Bonchev–Trinajstić information content (AvgIpc) is 3.40. The maximum atomic E-state index is 13.0. The van der Waals surface area contributed by atoms with E-state index in [-0.39, 0.29) is 17.1 Å². The van der Waals surface area contributed by atoms with E-state index in [9.17, 15) is 9.59 Å². The molecule has 1 unspecified atom stereocenters. The van der Waals surface area contributed by atoms with Crippen LogP contribution in [0, 0.1) is 0 Å². The van der Waals surface area contributed by atoms with E-state index < -0.39 is 0 Å². The highest BCUT2D eigenvalue weighted by Gasteiger charge is 2.20. The fourth-order valence-corrected chi connectivity index (χ4v) is 5.31. The number of amides is 2. The number of aromatic nitrogens is 1. The number of nitrogens with zero attached hydrogens (tertiary/aromatic N) is 1. The predicted molar refractivity (Wildman–Crippen MR) is 150 cm³/mol. The second-order valence-corrected chi connectivity index (χ2v) is 10.1. The first-order chi connectivity index (χ1) is 18.0. The van der Waals surface area contributed by atoms with E-state index >= 15 is 0 Å². The molecule has 0 aliphatic rings. The number of ether oxygens (including phenoxy) is 2. The fraction of sp³-hybridized carbons (Fsp3) is 0.179. The molecular formula is C28H27N3O4S2. The van der Waals surface area contributed by atoms with Crippen LogP contribution in [0.1, 0.15) is 23.7 Å². The van der Waals surface area contributed by atoms with Crippen LogP contribution in [0.15, 0.2) is 83.1 Å². The Labute approximate surface area is 224 Å². The third-order valence-electron chi connectivity index (χ3n) is 5.48. The van der Waals surface area contributed by atoms with E-state index in [1.807, 2.05) is 66.9 Å². The van der Waals surface area contributed by atoms with Gasteiger partial charge in [0.25, 0.3) is 5.91 Å². The number of nitrogens with one attached hydrogen (secondary N) is 2. The lowest BCUT2D eigenvalue weighted by Gasteiger charge is -2.14. The Morgan fingerprint density at radius 3 is 2.46 bits per heavy atom. The normalized spacial score (nSPS) is 11.4. The molecule has 1 aromatic heterocycles. The van der Waals surface area contributed by atoms with Gasteiger partial charge in [0.05, 0.1) is 25.2 Å². The SMILES string of the molecule is CCC(Sc1cccc(NC(=O)c2ccc(OC)c(OC)c2)c1)C(=O)Nc1nc(-c2ccccc2)cs1. The maximum absolute atomic E-state index is 13.0. The average molecular weight is 534 g/mol. The molecule has 0 aliphatic heterocycles. The molecular weight excluding hydrogens is 506 g/mol. The second-order valence-electron chi connectivity index (χ2n) is 7.96. The summed E-state index contributed by atoms with van der Waals surface area (Å²) in [5.41, 5.74) is 2.92. The molecule has 0 bridgehead atoms. The molecule has 9 heteroatoms. The molecule has 7 nitrogen and oxygen atoms in total. The van der Waals surface area contributed by atoms with Crippen molar-refractivity contribution >= 4 is 45.7 Å². The summed E-state index contributed by atoms with van der Waals surface area (Å²) >= 11 is 2.85. The largest absolute Gasteiger partial charge is 0.493 e. The number of anilines is 2. The van der Waals surface area contributed by atoms with Crippen molar-refractivity contribution in [1.29, 1.82) is 0 Å². The van der Waals surface area contributed by atoms with Gasteiger partial charge in [0.2, 0.25) is 5.91 Å². The molecule has 1 heterocycles. The Kier molecular flexibility index (Phi) is 8.81. The van der Waals surface area contributed by atoms with E-state index in [4.69, 9.17) is 9.47 Å². The van der Waals surface area contributed by atoms with Crippen LogP contribution >= 0.6 is 23.1 Å². The number of hydrogen-bond donors (Lipinski definition) is 2. The third-order valence-corrected chi connectivity index (χ3v) is 7.60. The van der Waals surface area contributed by atoms with Gasteiger partial charge < -0.3 is 20.1 Å². The van der Waals surface area contributed by atoms with Gasteiger partial charge >= 0.3 is 0 Å². The number of hydrogen-bond acceptors (Lipinski definition) is 7. The first-order valence-corrected chi connectivity index (χ1v) is 13.4.